The molecule has 0 saturated heterocycles. The van der Waals surface area contributed by atoms with Crippen molar-refractivity contribution in [3.63, 3.8) is 0 Å². The fraction of sp³-hybridized carbons (Fsp3) is 0.0202. The average Bonchev–Trinajstić information content (AvgIpc) is 1.55. The molecule has 8 heteroatoms. The molecule has 0 N–H and O–H groups in total. The van der Waals surface area contributed by atoms with Gasteiger partial charge in [0.2, 0.25) is 0 Å². The molecule has 6 heterocycles. The lowest BCUT2D eigenvalue weighted by molar-refractivity contribution is 0.436. The second-order valence-electron chi connectivity index (χ2n) is 28.0. The monoisotopic (exact) mass is 1370 g/mol. The van der Waals surface area contributed by atoms with E-state index >= 15 is 0 Å². The molecule has 107 heavy (non-hydrogen) atoms. The van der Waals surface area contributed by atoms with Crippen molar-refractivity contribution in [1.82, 2.24) is 24.9 Å². The fourth-order valence-electron chi connectivity index (χ4n) is 17.7. The van der Waals surface area contributed by atoms with Crippen LogP contribution in [0.15, 0.2) is 362 Å². The summed E-state index contributed by atoms with van der Waals surface area (Å²) in [6.45, 7) is 0. The van der Waals surface area contributed by atoms with Crippen molar-refractivity contribution in [2.75, 3.05) is 0 Å². The highest BCUT2D eigenvalue weighted by Gasteiger charge is 2.53. The molecule has 4 aliphatic rings. The highest BCUT2D eigenvalue weighted by molar-refractivity contribution is 6.06. The number of para-hydroxylation sites is 3. The highest BCUT2D eigenvalue weighted by Crippen LogP contribution is 2.64. The number of benzene rings is 14. The van der Waals surface area contributed by atoms with Crippen LogP contribution in [0.3, 0.4) is 0 Å². The first kappa shape index (κ1) is 60.4. The number of aromatic nitrogens is 5. The van der Waals surface area contributed by atoms with Gasteiger partial charge in [-0.15, -0.1) is 0 Å². The lowest BCUT2D eigenvalue weighted by Gasteiger charge is -2.39. The summed E-state index contributed by atoms with van der Waals surface area (Å²) in [7, 11) is 0. The van der Waals surface area contributed by atoms with Gasteiger partial charge in [-0.05, 0) is 157 Å². The van der Waals surface area contributed by atoms with Crippen LogP contribution in [0.4, 0.5) is 0 Å². The smallest absolute Gasteiger partial charge is 0.160 e. The minimum atomic E-state index is -0.620. The average molecular weight is 1370 g/mol. The van der Waals surface area contributed by atoms with Gasteiger partial charge >= 0.3 is 0 Å². The molecule has 0 bridgehead atoms. The molecule has 0 fully saturated rings. The van der Waals surface area contributed by atoms with E-state index in [1.807, 2.05) is 54.7 Å². The first-order valence-electron chi connectivity index (χ1n) is 36.2. The van der Waals surface area contributed by atoms with Crippen molar-refractivity contribution in [1.29, 1.82) is 0 Å². The molecule has 8 nitrogen and oxygen atoms in total. The van der Waals surface area contributed by atoms with E-state index in [0.29, 0.717) is 17.3 Å². The number of pyridine rings is 1. The normalized spacial score (nSPS) is 13.3. The SMILES string of the molecule is c1ccc(-c2nc(-c3ccccn3)cc(-c3cc(-c4cccc(-c5nc(-c6ccc7c(c6)oc6ccccc67)cc(-c6ccccc6-c6ccc7c(c6)Oc6ccccc6C76c7ccccc7-c7ccccc76)n5)c4)ccc3-c3ccc4c(c3)Oc3ccccc3C43c4ccccc4-c4ccccc43)n2)cc1. The number of fused-ring (bicyclic) bond motifs is 21. The second-order valence-corrected chi connectivity index (χ2v) is 28.0. The van der Waals surface area contributed by atoms with Crippen LogP contribution in [-0.2, 0) is 10.8 Å². The predicted molar refractivity (Wildman–Crippen MR) is 426 cm³/mol. The molecule has 14 aromatic carbocycles. The molecule has 0 amide bonds. The summed E-state index contributed by atoms with van der Waals surface area (Å²) >= 11 is 0. The maximum absolute atomic E-state index is 7.15. The van der Waals surface area contributed by atoms with E-state index < -0.39 is 10.8 Å². The quantitative estimate of drug-likeness (QED) is 0.141. The molecule has 0 unspecified atom stereocenters. The molecule has 2 aliphatic heterocycles. The Morgan fingerprint density at radius 3 is 1.27 bits per heavy atom. The zero-order chi connectivity index (χ0) is 70.3. The van der Waals surface area contributed by atoms with Crippen molar-refractivity contribution in [3.05, 3.63) is 403 Å². The number of hydrogen-bond donors (Lipinski definition) is 0. The summed E-state index contributed by atoms with van der Waals surface area (Å²) in [5.41, 5.74) is 28.7. The number of ether oxygens (including phenoxy) is 2. The van der Waals surface area contributed by atoms with Gasteiger partial charge in [0.25, 0.3) is 0 Å². The molecule has 2 spiro atoms. The molecule has 0 atom stereocenters. The third-order valence-corrected chi connectivity index (χ3v) is 22.4. The van der Waals surface area contributed by atoms with Crippen LogP contribution < -0.4 is 9.47 Å². The zero-order valence-corrected chi connectivity index (χ0v) is 57.5. The summed E-state index contributed by atoms with van der Waals surface area (Å²) in [6.07, 6.45) is 1.81. The predicted octanol–water partition coefficient (Wildman–Crippen LogP) is 24.5. The number of hydrogen-bond acceptors (Lipinski definition) is 8. The Morgan fingerprint density at radius 1 is 0.206 bits per heavy atom. The molecule has 0 radical (unpaired) electrons. The Labute approximate surface area is 616 Å². The Morgan fingerprint density at radius 2 is 0.645 bits per heavy atom. The number of rotatable bonds is 9. The molecule has 0 saturated carbocycles. The van der Waals surface area contributed by atoms with E-state index in [0.717, 1.165) is 151 Å². The van der Waals surface area contributed by atoms with Gasteiger partial charge in [0, 0.05) is 67.0 Å². The van der Waals surface area contributed by atoms with Crippen LogP contribution in [-0.4, -0.2) is 24.9 Å². The standard InChI is InChI=1S/C99H59N5O3/c1-2-23-60(24-3-1)96-103-88(59-89(104-96)85-40-20-21-52-100-85)76-54-62(44-48-68(76)64-47-51-84-95(56-64)107-92-43-19-16-39-82(92)99(84)79-36-13-8-30-71(79)72-31-9-14-37-80(72)99)61-25-22-26-66(53-61)97-101-86(65-45-49-75-74-33-10-17-41-90(74)105-93(75)57-65)58-87(102-97)73-32-5-4-27-67(73)63-46-50-83-94(55-63)106-91-42-18-15-38-81(91)98(83)77-34-11-6-28-69(77)70-29-7-12-35-78(70)98/h1-59H. The molecule has 18 aromatic rings. The van der Waals surface area contributed by atoms with Crippen LogP contribution in [0.25, 0.3) is 146 Å². The lowest BCUT2D eigenvalue weighted by Crippen LogP contribution is -2.32. The molecular weight excluding hydrogens is 1310 g/mol. The van der Waals surface area contributed by atoms with Gasteiger partial charge in [-0.2, -0.15) is 0 Å². The van der Waals surface area contributed by atoms with Gasteiger partial charge < -0.3 is 13.9 Å². The van der Waals surface area contributed by atoms with E-state index in [9.17, 15) is 0 Å². The Kier molecular flexibility index (Phi) is 13.4. The van der Waals surface area contributed by atoms with Crippen molar-refractivity contribution in [3.8, 4) is 147 Å². The van der Waals surface area contributed by atoms with Gasteiger partial charge in [0.15, 0.2) is 11.6 Å². The summed E-state index contributed by atoms with van der Waals surface area (Å²) in [6, 6.07) is 125. The van der Waals surface area contributed by atoms with Gasteiger partial charge in [-0.25, -0.2) is 19.9 Å². The van der Waals surface area contributed by atoms with E-state index in [4.69, 9.17) is 38.8 Å². The summed E-state index contributed by atoms with van der Waals surface area (Å²) in [5, 5.41) is 2.10. The lowest BCUT2D eigenvalue weighted by atomic mass is 9.66. The Balaban J connectivity index is 0.710. The van der Waals surface area contributed by atoms with Gasteiger partial charge in [0.05, 0.1) is 39.3 Å². The summed E-state index contributed by atoms with van der Waals surface area (Å²) in [4.78, 5) is 26.8. The van der Waals surface area contributed by atoms with Crippen molar-refractivity contribution in [2.45, 2.75) is 10.8 Å². The van der Waals surface area contributed by atoms with E-state index in [1.165, 1.54) is 44.5 Å². The van der Waals surface area contributed by atoms with Crippen LogP contribution >= 0.6 is 0 Å². The largest absolute Gasteiger partial charge is 0.457 e. The fourth-order valence-corrected chi connectivity index (χ4v) is 17.7. The Hall–Kier alpha value is -14.2. The van der Waals surface area contributed by atoms with Crippen LogP contribution in [0, 0.1) is 0 Å². The first-order chi connectivity index (χ1) is 53.0. The number of nitrogens with zero attached hydrogens (tertiary/aromatic N) is 5. The van der Waals surface area contributed by atoms with Crippen LogP contribution in [0.1, 0.15) is 44.5 Å². The minimum Gasteiger partial charge on any atom is -0.457 e. The van der Waals surface area contributed by atoms with E-state index in [1.54, 1.807) is 0 Å². The zero-order valence-electron chi connectivity index (χ0n) is 57.5. The summed E-state index contributed by atoms with van der Waals surface area (Å²) in [5.74, 6) is 4.41. The van der Waals surface area contributed by atoms with Crippen molar-refractivity contribution >= 4 is 21.9 Å². The summed E-state index contributed by atoms with van der Waals surface area (Å²) < 4.78 is 20.8. The minimum absolute atomic E-state index is 0.561. The van der Waals surface area contributed by atoms with Crippen molar-refractivity contribution < 1.29 is 13.9 Å². The van der Waals surface area contributed by atoms with E-state index in [2.05, 4.69) is 303 Å². The van der Waals surface area contributed by atoms with Crippen LogP contribution in [0.2, 0.25) is 0 Å². The number of furan rings is 1. The highest BCUT2D eigenvalue weighted by atomic mass is 16.5. The molecule has 2 aliphatic carbocycles. The van der Waals surface area contributed by atoms with Crippen molar-refractivity contribution in [2.24, 2.45) is 0 Å². The maximum atomic E-state index is 7.15. The topological polar surface area (TPSA) is 96.1 Å². The van der Waals surface area contributed by atoms with Crippen LogP contribution in [0.5, 0.6) is 23.0 Å². The molecule has 4 aromatic heterocycles. The van der Waals surface area contributed by atoms with Gasteiger partial charge in [-0.3, -0.25) is 4.98 Å². The third kappa shape index (κ3) is 9.19. The molecule has 22 rings (SSSR count). The maximum Gasteiger partial charge on any atom is 0.160 e. The molecule has 498 valence electrons. The van der Waals surface area contributed by atoms with Gasteiger partial charge in [-0.1, -0.05) is 273 Å². The molecular formula is C99H59N5O3. The first-order valence-corrected chi connectivity index (χ1v) is 36.2. The van der Waals surface area contributed by atoms with Gasteiger partial charge in [0.1, 0.15) is 34.2 Å². The van der Waals surface area contributed by atoms with E-state index in [-0.39, 0.29) is 0 Å². The third-order valence-electron chi connectivity index (χ3n) is 22.4. The Bertz CT molecular complexity index is 6590. The second kappa shape index (κ2) is 23.7.